The van der Waals surface area contributed by atoms with Crippen molar-refractivity contribution in [2.75, 3.05) is 10.6 Å². The first-order chi connectivity index (χ1) is 10.3. The molecule has 3 nitrogen and oxygen atoms in total. The summed E-state index contributed by atoms with van der Waals surface area (Å²) in [4.78, 5) is 11.9. The Labute approximate surface area is 126 Å². The van der Waals surface area contributed by atoms with Gasteiger partial charge < -0.3 is 10.6 Å². The molecule has 0 fully saturated rings. The Morgan fingerprint density at radius 3 is 2.10 bits per heavy atom. The number of anilines is 2. The number of amides is 2. The van der Waals surface area contributed by atoms with Crippen LogP contribution in [0.4, 0.5) is 16.2 Å². The van der Waals surface area contributed by atoms with Gasteiger partial charge in [-0.15, -0.1) is 0 Å². The van der Waals surface area contributed by atoms with Crippen molar-refractivity contribution in [3.63, 3.8) is 0 Å². The Kier molecular flexibility index (Phi) is 5.83. The number of hydrogen-bond donors (Lipinski definition) is 2. The van der Waals surface area contributed by atoms with Gasteiger partial charge in [-0.05, 0) is 42.7 Å². The molecule has 0 saturated carbocycles. The van der Waals surface area contributed by atoms with E-state index in [1.165, 1.54) is 24.8 Å². The van der Waals surface area contributed by atoms with E-state index in [1.807, 2.05) is 42.5 Å². The van der Waals surface area contributed by atoms with Crippen LogP contribution in [0.25, 0.3) is 0 Å². The van der Waals surface area contributed by atoms with Crippen LogP contribution in [0.1, 0.15) is 31.7 Å². The maximum Gasteiger partial charge on any atom is 0.323 e. The zero-order valence-electron chi connectivity index (χ0n) is 12.4. The number of aryl methyl sites for hydroxylation is 1. The summed E-state index contributed by atoms with van der Waals surface area (Å²) in [5, 5.41) is 5.63. The van der Waals surface area contributed by atoms with Gasteiger partial charge in [0.05, 0.1) is 0 Å². The van der Waals surface area contributed by atoms with Crippen LogP contribution in [0, 0.1) is 0 Å². The molecule has 2 rings (SSSR count). The van der Waals surface area contributed by atoms with Gasteiger partial charge in [-0.2, -0.15) is 0 Å². The molecule has 0 atom stereocenters. The summed E-state index contributed by atoms with van der Waals surface area (Å²) in [5.41, 5.74) is 2.91. The lowest BCUT2D eigenvalue weighted by atomic mass is 10.1. The van der Waals surface area contributed by atoms with Crippen molar-refractivity contribution in [1.29, 1.82) is 0 Å². The molecule has 2 amide bonds. The van der Waals surface area contributed by atoms with Gasteiger partial charge in [-0.1, -0.05) is 50.1 Å². The van der Waals surface area contributed by atoms with Crippen molar-refractivity contribution >= 4 is 17.4 Å². The molecule has 2 aromatic carbocycles. The molecule has 0 heterocycles. The average Bonchev–Trinajstić information content (AvgIpc) is 2.50. The molecule has 21 heavy (non-hydrogen) atoms. The molecule has 0 saturated heterocycles. The van der Waals surface area contributed by atoms with Gasteiger partial charge in [-0.3, -0.25) is 0 Å². The number of benzene rings is 2. The fourth-order valence-corrected chi connectivity index (χ4v) is 2.15. The Morgan fingerprint density at radius 1 is 0.857 bits per heavy atom. The minimum absolute atomic E-state index is 0.222. The Morgan fingerprint density at radius 2 is 1.48 bits per heavy atom. The number of rotatable bonds is 6. The molecule has 0 aromatic heterocycles. The average molecular weight is 282 g/mol. The van der Waals surface area contributed by atoms with Crippen molar-refractivity contribution in [1.82, 2.24) is 0 Å². The van der Waals surface area contributed by atoms with Gasteiger partial charge in [0.1, 0.15) is 0 Å². The predicted octanol–water partition coefficient (Wildman–Crippen LogP) is 5.06. The fourth-order valence-electron chi connectivity index (χ4n) is 2.15. The van der Waals surface area contributed by atoms with Gasteiger partial charge in [0.25, 0.3) is 0 Å². The summed E-state index contributed by atoms with van der Waals surface area (Å²) in [6.07, 6.45) is 4.82. The number of carbonyl (C=O) groups excluding carboxylic acids is 1. The first-order valence-corrected chi connectivity index (χ1v) is 7.50. The Bertz CT molecular complexity index is 549. The van der Waals surface area contributed by atoms with Crippen LogP contribution in [0.3, 0.4) is 0 Å². The topological polar surface area (TPSA) is 41.1 Å². The highest BCUT2D eigenvalue weighted by molar-refractivity contribution is 5.99. The largest absolute Gasteiger partial charge is 0.323 e. The van der Waals surface area contributed by atoms with E-state index in [9.17, 15) is 4.79 Å². The summed E-state index contributed by atoms with van der Waals surface area (Å²) in [5.74, 6) is 0. The third kappa shape index (κ3) is 5.30. The zero-order chi connectivity index (χ0) is 14.9. The molecule has 0 aliphatic rings. The lowest BCUT2D eigenvalue weighted by Crippen LogP contribution is -2.19. The summed E-state index contributed by atoms with van der Waals surface area (Å²) < 4.78 is 0. The fraction of sp³-hybridized carbons (Fsp3) is 0.278. The van der Waals surface area contributed by atoms with Crippen LogP contribution >= 0.6 is 0 Å². The van der Waals surface area contributed by atoms with E-state index in [-0.39, 0.29) is 6.03 Å². The molecule has 110 valence electrons. The van der Waals surface area contributed by atoms with Crippen LogP contribution in [-0.4, -0.2) is 6.03 Å². The summed E-state index contributed by atoms with van der Waals surface area (Å²) in [6, 6.07) is 17.2. The number of urea groups is 1. The minimum Gasteiger partial charge on any atom is -0.308 e. The molecule has 2 aromatic rings. The second kappa shape index (κ2) is 8.10. The smallest absolute Gasteiger partial charge is 0.308 e. The van der Waals surface area contributed by atoms with E-state index in [4.69, 9.17) is 0 Å². The van der Waals surface area contributed by atoms with Crippen molar-refractivity contribution in [3.8, 4) is 0 Å². The van der Waals surface area contributed by atoms with Crippen molar-refractivity contribution < 1.29 is 4.79 Å². The van der Waals surface area contributed by atoms with Crippen LogP contribution in [-0.2, 0) is 6.42 Å². The van der Waals surface area contributed by atoms with Crippen molar-refractivity contribution in [2.24, 2.45) is 0 Å². The first kappa shape index (κ1) is 15.1. The lowest BCUT2D eigenvalue weighted by Gasteiger charge is -2.08. The third-order valence-corrected chi connectivity index (χ3v) is 3.31. The second-order valence-corrected chi connectivity index (χ2v) is 5.10. The van der Waals surface area contributed by atoms with E-state index in [1.54, 1.807) is 0 Å². The monoisotopic (exact) mass is 282 g/mol. The molecule has 3 heteroatoms. The van der Waals surface area contributed by atoms with E-state index in [2.05, 4.69) is 29.7 Å². The number of unbranched alkanes of at least 4 members (excludes halogenated alkanes) is 2. The lowest BCUT2D eigenvalue weighted by molar-refractivity contribution is 0.262. The van der Waals surface area contributed by atoms with Gasteiger partial charge in [-0.25, -0.2) is 4.79 Å². The maximum atomic E-state index is 11.9. The normalized spacial score (nSPS) is 10.1. The summed E-state index contributed by atoms with van der Waals surface area (Å²) in [7, 11) is 0. The molecular formula is C18H22N2O. The van der Waals surface area contributed by atoms with Gasteiger partial charge in [0, 0.05) is 11.4 Å². The minimum atomic E-state index is -0.222. The molecule has 0 aliphatic heterocycles. The standard InChI is InChI=1S/C18H22N2O/c1-2-3-5-8-15-11-13-17(14-12-15)20-18(21)19-16-9-6-4-7-10-16/h4,6-7,9-14H,2-3,5,8H2,1H3,(H2,19,20,21). The van der Waals surface area contributed by atoms with Gasteiger partial charge >= 0.3 is 6.03 Å². The molecular weight excluding hydrogens is 260 g/mol. The van der Waals surface area contributed by atoms with Crippen LogP contribution < -0.4 is 10.6 Å². The third-order valence-electron chi connectivity index (χ3n) is 3.31. The SMILES string of the molecule is CCCCCc1ccc(NC(=O)Nc2ccccc2)cc1. The zero-order valence-corrected chi connectivity index (χ0v) is 12.4. The second-order valence-electron chi connectivity index (χ2n) is 5.10. The van der Waals surface area contributed by atoms with Gasteiger partial charge in [0.2, 0.25) is 0 Å². The summed E-state index contributed by atoms with van der Waals surface area (Å²) in [6.45, 7) is 2.21. The Hall–Kier alpha value is -2.29. The predicted molar refractivity (Wildman–Crippen MR) is 88.8 cm³/mol. The summed E-state index contributed by atoms with van der Waals surface area (Å²) >= 11 is 0. The van der Waals surface area contributed by atoms with Crippen LogP contribution in [0.15, 0.2) is 54.6 Å². The number of para-hydroxylation sites is 1. The van der Waals surface area contributed by atoms with E-state index >= 15 is 0 Å². The van der Waals surface area contributed by atoms with Gasteiger partial charge in [0.15, 0.2) is 0 Å². The van der Waals surface area contributed by atoms with Crippen LogP contribution in [0.5, 0.6) is 0 Å². The molecule has 2 N–H and O–H groups in total. The highest BCUT2D eigenvalue weighted by Gasteiger charge is 2.02. The highest BCUT2D eigenvalue weighted by atomic mass is 16.2. The van der Waals surface area contributed by atoms with Crippen LogP contribution in [0.2, 0.25) is 0 Å². The molecule has 0 unspecified atom stereocenters. The molecule has 0 aliphatic carbocycles. The number of nitrogens with one attached hydrogen (secondary N) is 2. The molecule has 0 spiro atoms. The number of carbonyl (C=O) groups is 1. The highest BCUT2D eigenvalue weighted by Crippen LogP contribution is 2.13. The quantitative estimate of drug-likeness (QED) is 0.714. The molecule has 0 bridgehead atoms. The van der Waals surface area contributed by atoms with E-state index in [0.717, 1.165) is 17.8 Å². The van der Waals surface area contributed by atoms with Crippen molar-refractivity contribution in [2.45, 2.75) is 32.6 Å². The maximum absolute atomic E-state index is 11.9. The molecule has 0 radical (unpaired) electrons. The van der Waals surface area contributed by atoms with E-state index in [0.29, 0.717) is 0 Å². The van der Waals surface area contributed by atoms with Crippen molar-refractivity contribution in [3.05, 3.63) is 60.2 Å². The number of hydrogen-bond acceptors (Lipinski definition) is 1. The Balaban J connectivity index is 1.83. The first-order valence-electron chi connectivity index (χ1n) is 7.50. The van der Waals surface area contributed by atoms with E-state index < -0.39 is 0 Å².